The molecular weight excluding hydrogens is 330 g/mol. The first-order chi connectivity index (χ1) is 9.67. The summed E-state index contributed by atoms with van der Waals surface area (Å²) >= 11 is 3.44. The molecule has 3 nitrogen and oxygen atoms in total. The van der Waals surface area contributed by atoms with Crippen LogP contribution in [0.5, 0.6) is 0 Å². The maximum absolute atomic E-state index is 12.4. The average Bonchev–Trinajstić information content (AvgIpc) is 2.69. The van der Waals surface area contributed by atoms with Crippen LogP contribution in [-0.2, 0) is 4.74 Å². The third kappa shape index (κ3) is 3.76. The number of benzene rings is 1. The van der Waals surface area contributed by atoms with Gasteiger partial charge >= 0.3 is 6.09 Å². The van der Waals surface area contributed by atoms with E-state index in [2.05, 4.69) is 28.9 Å². The van der Waals surface area contributed by atoms with Crippen LogP contribution < -0.4 is 0 Å². The van der Waals surface area contributed by atoms with E-state index < -0.39 is 5.60 Å². The summed E-state index contributed by atoms with van der Waals surface area (Å²) in [6.07, 6.45) is 1.37. The van der Waals surface area contributed by atoms with Gasteiger partial charge in [-0.2, -0.15) is 0 Å². The summed E-state index contributed by atoms with van der Waals surface area (Å²) in [5.74, 6) is 0. The Labute approximate surface area is 134 Å². The van der Waals surface area contributed by atoms with Crippen molar-refractivity contribution in [1.82, 2.24) is 4.57 Å². The molecule has 0 atom stereocenters. The van der Waals surface area contributed by atoms with Gasteiger partial charge < -0.3 is 4.74 Å². The van der Waals surface area contributed by atoms with Gasteiger partial charge in [0.15, 0.2) is 0 Å². The SMILES string of the molecule is Cc1ccc(-c2cc(Br)cn2C(=O)OC(C)(C)C)c(C)c1. The van der Waals surface area contributed by atoms with Crippen LogP contribution in [0.1, 0.15) is 31.9 Å². The molecule has 0 fully saturated rings. The first-order valence-corrected chi connectivity index (χ1v) is 7.65. The quantitative estimate of drug-likeness (QED) is 0.697. The predicted molar refractivity (Wildman–Crippen MR) is 88.7 cm³/mol. The first kappa shape index (κ1) is 15.8. The molecular formula is C17H20BrNO2. The Morgan fingerprint density at radius 1 is 1.19 bits per heavy atom. The first-order valence-electron chi connectivity index (χ1n) is 6.86. The largest absolute Gasteiger partial charge is 0.443 e. The number of ether oxygens (including phenoxy) is 1. The van der Waals surface area contributed by atoms with Crippen LogP contribution in [0.15, 0.2) is 34.9 Å². The molecule has 0 radical (unpaired) electrons. The molecule has 2 aromatic rings. The van der Waals surface area contributed by atoms with Crippen LogP contribution in [0.2, 0.25) is 0 Å². The smallest absolute Gasteiger partial charge is 0.419 e. The van der Waals surface area contributed by atoms with Crippen LogP contribution in [0.4, 0.5) is 4.79 Å². The van der Waals surface area contributed by atoms with E-state index in [9.17, 15) is 4.79 Å². The van der Waals surface area contributed by atoms with Gasteiger partial charge in [0.05, 0.1) is 5.69 Å². The highest BCUT2D eigenvalue weighted by Gasteiger charge is 2.21. The third-order valence-electron chi connectivity index (χ3n) is 3.03. The molecule has 1 aromatic heterocycles. The summed E-state index contributed by atoms with van der Waals surface area (Å²) < 4.78 is 7.86. The van der Waals surface area contributed by atoms with E-state index in [1.54, 1.807) is 10.8 Å². The molecule has 1 heterocycles. The van der Waals surface area contributed by atoms with Crippen molar-refractivity contribution in [1.29, 1.82) is 0 Å². The zero-order valence-corrected chi connectivity index (χ0v) is 14.6. The zero-order valence-electron chi connectivity index (χ0n) is 13.0. The number of aryl methyl sites for hydroxylation is 2. The average molecular weight is 350 g/mol. The minimum absolute atomic E-state index is 0.372. The molecule has 0 saturated carbocycles. The molecule has 1 aromatic carbocycles. The number of hydrogen-bond acceptors (Lipinski definition) is 2. The van der Waals surface area contributed by atoms with Gasteiger partial charge in [-0.25, -0.2) is 4.79 Å². The highest BCUT2D eigenvalue weighted by Crippen LogP contribution is 2.29. The lowest BCUT2D eigenvalue weighted by molar-refractivity contribution is 0.0540. The van der Waals surface area contributed by atoms with Crippen LogP contribution in [0, 0.1) is 13.8 Å². The molecule has 0 aliphatic carbocycles. The zero-order chi connectivity index (χ0) is 15.8. The Bertz CT molecular complexity index is 681. The fourth-order valence-electron chi connectivity index (χ4n) is 2.20. The van der Waals surface area contributed by atoms with Gasteiger partial charge in [0.25, 0.3) is 0 Å². The second-order valence-corrected chi connectivity index (χ2v) is 7.13. The van der Waals surface area contributed by atoms with Gasteiger partial charge in [-0.15, -0.1) is 0 Å². The Kier molecular flexibility index (Phi) is 4.28. The lowest BCUT2D eigenvalue weighted by atomic mass is 10.0. The summed E-state index contributed by atoms with van der Waals surface area (Å²) in [7, 11) is 0. The van der Waals surface area contributed by atoms with Crippen molar-refractivity contribution in [2.45, 2.75) is 40.2 Å². The van der Waals surface area contributed by atoms with Crippen molar-refractivity contribution >= 4 is 22.0 Å². The Hall–Kier alpha value is -1.55. The van der Waals surface area contributed by atoms with E-state index in [-0.39, 0.29) is 6.09 Å². The monoisotopic (exact) mass is 349 g/mol. The van der Waals surface area contributed by atoms with Crippen LogP contribution in [0.25, 0.3) is 11.3 Å². The second-order valence-electron chi connectivity index (χ2n) is 6.21. The Morgan fingerprint density at radius 3 is 2.43 bits per heavy atom. The van der Waals surface area contributed by atoms with Gasteiger partial charge in [0.2, 0.25) is 0 Å². The Morgan fingerprint density at radius 2 is 1.86 bits per heavy atom. The fourth-order valence-corrected chi connectivity index (χ4v) is 2.62. The molecule has 0 N–H and O–H groups in total. The maximum atomic E-state index is 12.4. The van der Waals surface area contributed by atoms with E-state index in [0.717, 1.165) is 21.3 Å². The molecule has 2 rings (SSSR count). The van der Waals surface area contributed by atoms with E-state index in [1.807, 2.05) is 45.9 Å². The summed E-state index contributed by atoms with van der Waals surface area (Å²) in [6.45, 7) is 9.68. The molecule has 0 amide bonds. The summed E-state index contributed by atoms with van der Waals surface area (Å²) in [5, 5.41) is 0. The molecule has 0 saturated heterocycles. The topological polar surface area (TPSA) is 31.2 Å². The molecule has 0 aliphatic rings. The predicted octanol–water partition coefficient (Wildman–Crippen LogP) is 5.32. The molecule has 0 aliphatic heterocycles. The van der Waals surface area contributed by atoms with E-state index in [1.165, 1.54) is 5.56 Å². The lowest BCUT2D eigenvalue weighted by Gasteiger charge is -2.20. The molecule has 0 bridgehead atoms. The summed E-state index contributed by atoms with van der Waals surface area (Å²) in [5.41, 5.74) is 3.66. The van der Waals surface area contributed by atoms with E-state index in [0.29, 0.717) is 0 Å². The van der Waals surface area contributed by atoms with Crippen LogP contribution in [0.3, 0.4) is 0 Å². The van der Waals surface area contributed by atoms with Crippen molar-refractivity contribution < 1.29 is 9.53 Å². The van der Waals surface area contributed by atoms with Crippen LogP contribution >= 0.6 is 15.9 Å². The highest BCUT2D eigenvalue weighted by atomic mass is 79.9. The number of hydrogen-bond donors (Lipinski definition) is 0. The Balaban J connectivity index is 2.48. The van der Waals surface area contributed by atoms with Gasteiger partial charge in [-0.05, 0) is 62.2 Å². The van der Waals surface area contributed by atoms with Crippen molar-refractivity contribution in [2.24, 2.45) is 0 Å². The van der Waals surface area contributed by atoms with Gasteiger partial charge in [-0.1, -0.05) is 23.8 Å². The number of halogens is 1. The number of rotatable bonds is 1. The summed E-state index contributed by atoms with van der Waals surface area (Å²) in [6, 6.07) is 8.12. The molecule has 0 spiro atoms. The van der Waals surface area contributed by atoms with Gasteiger partial charge in [-0.3, -0.25) is 4.57 Å². The second kappa shape index (κ2) is 5.68. The van der Waals surface area contributed by atoms with Crippen LogP contribution in [-0.4, -0.2) is 16.3 Å². The molecule has 112 valence electrons. The highest BCUT2D eigenvalue weighted by molar-refractivity contribution is 9.10. The minimum Gasteiger partial charge on any atom is -0.443 e. The molecule has 4 heteroatoms. The standard InChI is InChI=1S/C17H20BrNO2/c1-11-6-7-14(12(2)8-11)15-9-13(18)10-19(15)16(20)21-17(3,4)5/h6-10H,1-5H3. The number of nitrogens with zero attached hydrogens (tertiary/aromatic N) is 1. The lowest BCUT2D eigenvalue weighted by Crippen LogP contribution is -2.27. The van der Waals surface area contributed by atoms with Crippen molar-refractivity contribution in [2.75, 3.05) is 0 Å². The molecule has 0 unspecified atom stereocenters. The van der Waals surface area contributed by atoms with E-state index >= 15 is 0 Å². The fraction of sp³-hybridized carbons (Fsp3) is 0.353. The normalized spacial score (nSPS) is 11.5. The maximum Gasteiger partial charge on any atom is 0.419 e. The number of carbonyl (C=O) groups is 1. The number of aromatic nitrogens is 1. The third-order valence-corrected chi connectivity index (χ3v) is 3.47. The van der Waals surface area contributed by atoms with Gasteiger partial charge in [0, 0.05) is 16.2 Å². The minimum atomic E-state index is -0.520. The molecule has 21 heavy (non-hydrogen) atoms. The van der Waals surface area contributed by atoms with Crippen molar-refractivity contribution in [3.8, 4) is 11.3 Å². The van der Waals surface area contributed by atoms with Gasteiger partial charge in [0.1, 0.15) is 5.60 Å². The summed E-state index contributed by atoms with van der Waals surface area (Å²) in [4.78, 5) is 12.4. The number of carbonyl (C=O) groups excluding carboxylic acids is 1. The van der Waals surface area contributed by atoms with E-state index in [4.69, 9.17) is 4.74 Å². The van der Waals surface area contributed by atoms with Crippen molar-refractivity contribution in [3.05, 3.63) is 46.1 Å². The van der Waals surface area contributed by atoms with Crippen molar-refractivity contribution in [3.63, 3.8) is 0 Å².